The summed E-state index contributed by atoms with van der Waals surface area (Å²) in [6, 6.07) is 17.4. The Morgan fingerprint density at radius 3 is 1.21 bits per heavy atom. The lowest BCUT2D eigenvalue weighted by molar-refractivity contribution is 0.114. The number of rotatable bonds is 0. The Balaban J connectivity index is 0.000000261. The fourth-order valence-corrected chi connectivity index (χ4v) is 0.856. The summed E-state index contributed by atoms with van der Waals surface area (Å²) >= 11 is 0. The van der Waals surface area contributed by atoms with E-state index in [0.29, 0.717) is 11.5 Å². The maximum Gasteiger partial charge on any atom is 0.505 e. The van der Waals surface area contributed by atoms with Crippen LogP contribution >= 0.6 is 0 Å². The van der Waals surface area contributed by atoms with E-state index in [-0.39, 0.29) is 0 Å². The molecule has 0 aliphatic carbocycles. The molecule has 2 aromatic carbocycles. The molecule has 2 aromatic rings. The lowest BCUT2D eigenvalue weighted by Crippen LogP contribution is -1.91. The van der Waals surface area contributed by atoms with Crippen molar-refractivity contribution in [3.05, 3.63) is 60.7 Å². The van der Waals surface area contributed by atoms with Gasteiger partial charge in [-0.2, -0.15) is 0 Å². The molecule has 102 valence electrons. The molecule has 0 saturated heterocycles. The van der Waals surface area contributed by atoms with Crippen LogP contribution in [-0.4, -0.2) is 28.6 Å². The smallest absolute Gasteiger partial charge is 0.505 e. The summed E-state index contributed by atoms with van der Waals surface area (Å²) in [7, 11) is 1.10. The third-order valence-corrected chi connectivity index (χ3v) is 1.69. The quantitative estimate of drug-likeness (QED) is 0.636. The Morgan fingerprint density at radius 2 is 1.11 bits per heavy atom. The Labute approximate surface area is 111 Å². The maximum atomic E-state index is 9.15. The normalized spacial score (nSPS) is 8.05. The number of hydrogen-bond acceptors (Lipinski definition) is 4. The van der Waals surface area contributed by atoms with Gasteiger partial charge in [-0.1, -0.05) is 36.4 Å². The van der Waals surface area contributed by atoms with Gasteiger partial charge in [0.1, 0.15) is 11.5 Å². The molecule has 3 N–H and O–H groups in total. The minimum Gasteiger partial charge on any atom is -0.508 e. The molecule has 19 heavy (non-hydrogen) atoms. The molecule has 0 unspecified atom stereocenters. The van der Waals surface area contributed by atoms with E-state index in [1.165, 1.54) is 0 Å². The zero-order valence-corrected chi connectivity index (χ0v) is 10.4. The molecule has 0 atom stereocenters. The van der Waals surface area contributed by atoms with Crippen molar-refractivity contribution in [3.8, 4) is 11.5 Å². The van der Waals surface area contributed by atoms with Gasteiger partial charge in [-0.25, -0.2) is 4.79 Å². The van der Waals surface area contributed by atoms with Crippen molar-refractivity contribution in [2.75, 3.05) is 7.11 Å². The highest BCUT2D eigenvalue weighted by atomic mass is 16.6. The van der Waals surface area contributed by atoms with Gasteiger partial charge in [0.05, 0.1) is 7.11 Å². The van der Waals surface area contributed by atoms with Crippen LogP contribution in [0.25, 0.3) is 0 Å². The summed E-state index contributed by atoms with van der Waals surface area (Å²) in [5.41, 5.74) is 0. The monoisotopic (exact) mass is 264 g/mol. The van der Waals surface area contributed by atoms with Gasteiger partial charge in [-0.15, -0.1) is 0 Å². The average molecular weight is 264 g/mol. The standard InChI is InChI=1S/2C6H6O.C2H4O3/c2*7-6-4-2-1-3-5-6;1-5-2(3)4/h2*1-5,7H;1H3,(H,3,4). The van der Waals surface area contributed by atoms with E-state index < -0.39 is 6.16 Å². The molecular formula is C14H16O5. The van der Waals surface area contributed by atoms with Crippen molar-refractivity contribution in [2.45, 2.75) is 0 Å². The number of para-hydroxylation sites is 2. The van der Waals surface area contributed by atoms with E-state index in [9.17, 15) is 0 Å². The number of benzene rings is 2. The van der Waals surface area contributed by atoms with Gasteiger partial charge in [0.15, 0.2) is 0 Å². The highest BCUT2D eigenvalue weighted by Crippen LogP contribution is 2.03. The van der Waals surface area contributed by atoms with Crippen molar-refractivity contribution >= 4 is 6.16 Å². The van der Waals surface area contributed by atoms with Gasteiger partial charge >= 0.3 is 6.16 Å². The van der Waals surface area contributed by atoms with Gasteiger partial charge in [0.25, 0.3) is 0 Å². The second-order valence-electron chi connectivity index (χ2n) is 3.14. The van der Waals surface area contributed by atoms with Crippen LogP contribution in [0, 0.1) is 0 Å². The summed E-state index contributed by atoms with van der Waals surface area (Å²) in [6.07, 6.45) is -1.25. The second kappa shape index (κ2) is 10.5. The van der Waals surface area contributed by atoms with Crippen LogP contribution in [0.1, 0.15) is 0 Å². The van der Waals surface area contributed by atoms with Crippen molar-refractivity contribution in [1.82, 2.24) is 0 Å². The van der Waals surface area contributed by atoms with E-state index in [1.54, 1.807) is 48.5 Å². The van der Waals surface area contributed by atoms with Gasteiger partial charge in [-0.05, 0) is 24.3 Å². The first-order valence-electron chi connectivity index (χ1n) is 5.31. The zero-order chi connectivity index (χ0) is 14.5. The maximum absolute atomic E-state index is 9.15. The predicted octanol–water partition coefficient (Wildman–Crippen LogP) is 3.10. The SMILES string of the molecule is COC(=O)O.Oc1ccccc1.Oc1ccccc1. The van der Waals surface area contributed by atoms with E-state index >= 15 is 0 Å². The van der Waals surface area contributed by atoms with E-state index in [4.69, 9.17) is 20.1 Å². The van der Waals surface area contributed by atoms with Crippen molar-refractivity contribution in [1.29, 1.82) is 0 Å². The van der Waals surface area contributed by atoms with Crippen molar-refractivity contribution < 1.29 is 24.9 Å². The third kappa shape index (κ3) is 11.6. The van der Waals surface area contributed by atoms with E-state index in [1.807, 2.05) is 12.1 Å². The molecule has 5 heteroatoms. The number of ether oxygens (including phenoxy) is 1. The largest absolute Gasteiger partial charge is 0.508 e. The summed E-state index contributed by atoms with van der Waals surface area (Å²) in [5, 5.41) is 24.8. The van der Waals surface area contributed by atoms with E-state index in [2.05, 4.69) is 4.74 Å². The number of carboxylic acid groups (broad SMARTS) is 1. The van der Waals surface area contributed by atoms with Crippen LogP contribution in [0.5, 0.6) is 11.5 Å². The lowest BCUT2D eigenvalue weighted by atomic mass is 10.3. The van der Waals surface area contributed by atoms with Crippen LogP contribution in [0.15, 0.2) is 60.7 Å². The number of phenols is 2. The fourth-order valence-electron chi connectivity index (χ4n) is 0.856. The Kier molecular flexibility index (Phi) is 8.98. The first-order valence-corrected chi connectivity index (χ1v) is 5.31. The molecule has 0 aliphatic heterocycles. The number of methoxy groups -OCH3 is 1. The number of phenolic OH excluding ortho intramolecular Hbond substituents is 2. The minimum atomic E-state index is -1.25. The van der Waals surface area contributed by atoms with E-state index in [0.717, 1.165) is 7.11 Å². The van der Waals surface area contributed by atoms with Crippen LogP contribution in [0.4, 0.5) is 4.79 Å². The number of aromatic hydroxyl groups is 2. The Hall–Kier alpha value is -2.69. The summed E-state index contributed by atoms with van der Waals surface area (Å²) < 4.78 is 3.67. The highest BCUT2D eigenvalue weighted by Gasteiger charge is 1.80. The molecule has 0 heterocycles. The molecule has 0 amide bonds. The highest BCUT2D eigenvalue weighted by molar-refractivity contribution is 5.56. The number of carbonyl (C=O) groups is 1. The first kappa shape index (κ1) is 16.3. The molecule has 0 spiro atoms. The molecule has 0 saturated carbocycles. The average Bonchev–Trinajstić information content (AvgIpc) is 2.42. The Bertz CT molecular complexity index is 404. The van der Waals surface area contributed by atoms with Gasteiger partial charge in [0, 0.05) is 0 Å². The molecule has 0 fully saturated rings. The molecular weight excluding hydrogens is 248 g/mol. The van der Waals surface area contributed by atoms with Crippen LogP contribution in [-0.2, 0) is 4.74 Å². The zero-order valence-electron chi connectivity index (χ0n) is 10.4. The molecule has 0 aromatic heterocycles. The number of hydrogen-bond donors (Lipinski definition) is 3. The van der Waals surface area contributed by atoms with Crippen LogP contribution in [0.2, 0.25) is 0 Å². The van der Waals surface area contributed by atoms with Gasteiger partial charge < -0.3 is 20.1 Å². The molecule has 0 radical (unpaired) electrons. The summed E-state index contributed by atoms with van der Waals surface area (Å²) in [4.78, 5) is 9.15. The van der Waals surface area contributed by atoms with Crippen molar-refractivity contribution in [2.24, 2.45) is 0 Å². The lowest BCUT2D eigenvalue weighted by Gasteiger charge is -1.82. The molecule has 2 rings (SSSR count). The topological polar surface area (TPSA) is 87.0 Å². The predicted molar refractivity (Wildman–Crippen MR) is 71.2 cm³/mol. The molecule has 0 bridgehead atoms. The fraction of sp³-hybridized carbons (Fsp3) is 0.0714. The third-order valence-electron chi connectivity index (χ3n) is 1.69. The minimum absolute atomic E-state index is 0.322. The van der Waals surface area contributed by atoms with Gasteiger partial charge in [-0.3, -0.25) is 0 Å². The second-order valence-corrected chi connectivity index (χ2v) is 3.14. The summed E-state index contributed by atoms with van der Waals surface area (Å²) in [6.45, 7) is 0. The van der Waals surface area contributed by atoms with Crippen molar-refractivity contribution in [3.63, 3.8) is 0 Å². The van der Waals surface area contributed by atoms with Crippen LogP contribution in [0.3, 0.4) is 0 Å². The Morgan fingerprint density at radius 1 is 0.842 bits per heavy atom. The molecule has 5 nitrogen and oxygen atoms in total. The first-order chi connectivity index (χ1) is 9.06. The summed E-state index contributed by atoms with van der Waals surface area (Å²) in [5.74, 6) is 0.644. The molecule has 0 aliphatic rings. The van der Waals surface area contributed by atoms with Gasteiger partial charge in [0.2, 0.25) is 0 Å². The van der Waals surface area contributed by atoms with Crippen LogP contribution < -0.4 is 0 Å².